The van der Waals surface area contributed by atoms with Gasteiger partial charge in [-0.05, 0) is 91.8 Å². The van der Waals surface area contributed by atoms with E-state index in [1.54, 1.807) is 30.3 Å². The first kappa shape index (κ1) is 23.3. The van der Waals surface area contributed by atoms with Gasteiger partial charge in [0.1, 0.15) is 17.1 Å². The van der Waals surface area contributed by atoms with E-state index >= 15 is 0 Å². The van der Waals surface area contributed by atoms with Gasteiger partial charge in [-0.1, -0.05) is 36.4 Å². The lowest BCUT2D eigenvalue weighted by atomic mass is 10.1. The van der Waals surface area contributed by atoms with Crippen molar-refractivity contribution < 1.29 is 14.3 Å². The van der Waals surface area contributed by atoms with E-state index in [0.29, 0.717) is 22.9 Å². The molecule has 3 aromatic carbocycles. The Hall–Kier alpha value is -4.49. The molecule has 0 aliphatic carbocycles. The largest absolute Gasteiger partial charge is 0.457 e. The van der Waals surface area contributed by atoms with Gasteiger partial charge in [-0.3, -0.25) is 19.8 Å². The third-order valence-corrected chi connectivity index (χ3v) is 6.21. The minimum atomic E-state index is -0.528. The summed E-state index contributed by atoms with van der Waals surface area (Å²) in [7, 11) is 0. The zero-order valence-electron chi connectivity index (χ0n) is 19.8. The monoisotopic (exact) mass is 493 g/mol. The molecule has 1 saturated heterocycles. The number of benzene rings is 3. The lowest BCUT2D eigenvalue weighted by Crippen LogP contribution is -2.54. The Balaban J connectivity index is 1.46. The van der Waals surface area contributed by atoms with E-state index < -0.39 is 11.8 Å². The molecule has 2 heterocycles. The molecule has 0 saturated carbocycles. The van der Waals surface area contributed by atoms with E-state index in [2.05, 4.69) is 5.32 Å². The molecule has 4 aromatic rings. The Bertz CT molecular complexity index is 1480. The van der Waals surface area contributed by atoms with Crippen molar-refractivity contribution in [3.63, 3.8) is 0 Å². The van der Waals surface area contributed by atoms with Gasteiger partial charge in [-0.2, -0.15) is 0 Å². The zero-order valence-corrected chi connectivity index (χ0v) is 20.6. The molecule has 0 radical (unpaired) electrons. The van der Waals surface area contributed by atoms with Gasteiger partial charge in [-0.15, -0.1) is 0 Å². The highest BCUT2D eigenvalue weighted by molar-refractivity contribution is 7.80. The zero-order chi connectivity index (χ0) is 25.2. The van der Waals surface area contributed by atoms with Crippen LogP contribution in [0.1, 0.15) is 16.8 Å². The summed E-state index contributed by atoms with van der Waals surface area (Å²) in [6, 6.07) is 26.2. The van der Waals surface area contributed by atoms with Crippen molar-refractivity contribution in [1.29, 1.82) is 0 Å². The molecule has 0 unspecified atom stereocenters. The van der Waals surface area contributed by atoms with Crippen LogP contribution in [0.3, 0.4) is 0 Å². The maximum Gasteiger partial charge on any atom is 0.270 e. The van der Waals surface area contributed by atoms with Crippen LogP contribution in [0.4, 0.5) is 5.69 Å². The number of hydrogen-bond donors (Lipinski definition) is 1. The van der Waals surface area contributed by atoms with Crippen LogP contribution in [0, 0.1) is 13.8 Å². The second-order valence-corrected chi connectivity index (χ2v) is 8.80. The predicted octanol–water partition coefficient (Wildman–Crippen LogP) is 5.72. The van der Waals surface area contributed by atoms with Crippen molar-refractivity contribution in [3.8, 4) is 17.2 Å². The van der Waals surface area contributed by atoms with Crippen molar-refractivity contribution >= 4 is 40.9 Å². The third-order valence-electron chi connectivity index (χ3n) is 5.93. The molecule has 6 nitrogen and oxygen atoms in total. The van der Waals surface area contributed by atoms with Gasteiger partial charge in [-0.25, -0.2) is 0 Å². The predicted molar refractivity (Wildman–Crippen MR) is 144 cm³/mol. The van der Waals surface area contributed by atoms with Gasteiger partial charge in [0, 0.05) is 11.9 Å². The average Bonchev–Trinajstić information content (AvgIpc) is 3.31. The lowest BCUT2D eigenvalue weighted by Gasteiger charge is -2.29. The Morgan fingerprint density at radius 2 is 1.47 bits per heavy atom. The Labute approximate surface area is 214 Å². The van der Waals surface area contributed by atoms with Crippen LogP contribution in [0.15, 0.2) is 96.7 Å². The van der Waals surface area contributed by atoms with E-state index in [-0.39, 0.29) is 10.7 Å². The van der Waals surface area contributed by atoms with Crippen LogP contribution >= 0.6 is 12.2 Å². The van der Waals surface area contributed by atoms with E-state index in [1.165, 1.54) is 4.90 Å². The number of rotatable bonds is 5. The van der Waals surface area contributed by atoms with Crippen molar-refractivity contribution in [2.75, 3.05) is 4.90 Å². The molecule has 36 heavy (non-hydrogen) atoms. The minimum Gasteiger partial charge on any atom is -0.457 e. The Morgan fingerprint density at radius 1 is 0.806 bits per heavy atom. The summed E-state index contributed by atoms with van der Waals surface area (Å²) in [6.07, 6.45) is 3.52. The summed E-state index contributed by atoms with van der Waals surface area (Å²) in [6.45, 7) is 4.06. The smallest absolute Gasteiger partial charge is 0.270 e. The standard InChI is InChI=1S/C29H23N3O3S/c1-19-8-6-9-20(2)26(19)31-17-7-10-22(31)18-25-27(33)30-29(36)32(28(25)34)21-13-15-24(16-14-21)35-23-11-4-3-5-12-23/h3-18H,1-2H3,(H,30,33,36). The number of aryl methyl sites for hydroxylation is 2. The van der Waals surface area contributed by atoms with Crippen molar-refractivity contribution in [2.24, 2.45) is 0 Å². The van der Waals surface area contributed by atoms with Gasteiger partial charge in [0.2, 0.25) is 0 Å². The minimum absolute atomic E-state index is 0.000556. The van der Waals surface area contributed by atoms with Gasteiger partial charge in [0.15, 0.2) is 5.11 Å². The highest BCUT2D eigenvalue weighted by Crippen LogP contribution is 2.28. The maximum atomic E-state index is 13.5. The SMILES string of the molecule is Cc1cccc(C)c1-n1cccc1C=C1C(=O)NC(=S)N(c2ccc(Oc3ccccc3)cc2)C1=O. The Kier molecular flexibility index (Phi) is 6.23. The number of nitrogens with zero attached hydrogens (tertiary/aromatic N) is 2. The number of para-hydroxylation sites is 2. The first-order valence-corrected chi connectivity index (χ1v) is 11.8. The second-order valence-electron chi connectivity index (χ2n) is 8.41. The fourth-order valence-corrected chi connectivity index (χ4v) is 4.51. The maximum absolute atomic E-state index is 13.5. The van der Waals surface area contributed by atoms with E-state index in [9.17, 15) is 9.59 Å². The average molecular weight is 494 g/mol. The fraction of sp³-hybridized carbons (Fsp3) is 0.0690. The van der Waals surface area contributed by atoms with Crippen molar-refractivity contribution in [1.82, 2.24) is 9.88 Å². The number of amides is 2. The molecule has 0 bridgehead atoms. The van der Waals surface area contributed by atoms with Crippen molar-refractivity contribution in [3.05, 3.63) is 114 Å². The molecule has 0 atom stereocenters. The highest BCUT2D eigenvalue weighted by atomic mass is 32.1. The quantitative estimate of drug-likeness (QED) is 0.220. The molecule has 178 valence electrons. The number of anilines is 1. The summed E-state index contributed by atoms with van der Waals surface area (Å²) < 4.78 is 7.81. The van der Waals surface area contributed by atoms with Crippen LogP contribution in [-0.2, 0) is 9.59 Å². The van der Waals surface area contributed by atoms with E-state index in [1.807, 2.05) is 85.3 Å². The topological polar surface area (TPSA) is 63.6 Å². The number of hydrogen-bond acceptors (Lipinski definition) is 4. The number of carbonyl (C=O) groups is 2. The third kappa shape index (κ3) is 4.44. The molecule has 0 spiro atoms. The number of thiocarbonyl (C=S) groups is 1. The molecule has 1 N–H and O–H groups in total. The van der Waals surface area contributed by atoms with Crippen LogP contribution < -0.4 is 15.0 Å². The molecule has 1 aliphatic heterocycles. The lowest BCUT2D eigenvalue weighted by molar-refractivity contribution is -0.122. The molecule has 5 rings (SSSR count). The van der Waals surface area contributed by atoms with Gasteiger partial charge in [0.05, 0.1) is 11.4 Å². The molecule has 1 aliphatic rings. The number of ether oxygens (including phenoxy) is 1. The fourth-order valence-electron chi connectivity index (χ4n) is 4.23. The second kappa shape index (κ2) is 9.64. The van der Waals surface area contributed by atoms with Crippen LogP contribution in [-0.4, -0.2) is 21.5 Å². The molecule has 7 heteroatoms. The van der Waals surface area contributed by atoms with Gasteiger partial charge >= 0.3 is 0 Å². The number of aromatic nitrogens is 1. The number of carbonyl (C=O) groups excluding carboxylic acids is 2. The van der Waals surface area contributed by atoms with Gasteiger partial charge in [0.25, 0.3) is 11.8 Å². The van der Waals surface area contributed by atoms with E-state index in [4.69, 9.17) is 17.0 Å². The highest BCUT2D eigenvalue weighted by Gasteiger charge is 2.34. The molecule has 1 fully saturated rings. The first-order chi connectivity index (χ1) is 17.4. The summed E-state index contributed by atoms with van der Waals surface area (Å²) in [5.74, 6) is 0.306. The molecular weight excluding hydrogens is 470 g/mol. The van der Waals surface area contributed by atoms with Crippen LogP contribution in [0.25, 0.3) is 11.8 Å². The molecular formula is C29H23N3O3S. The number of nitrogens with one attached hydrogen (secondary N) is 1. The Morgan fingerprint density at radius 3 is 2.17 bits per heavy atom. The summed E-state index contributed by atoms with van der Waals surface area (Å²) in [4.78, 5) is 27.6. The van der Waals surface area contributed by atoms with E-state index in [0.717, 1.165) is 16.8 Å². The normalized spacial score (nSPS) is 14.8. The summed E-state index contributed by atoms with van der Waals surface area (Å²) >= 11 is 5.35. The molecule has 2 amide bonds. The first-order valence-electron chi connectivity index (χ1n) is 11.4. The van der Waals surface area contributed by atoms with Gasteiger partial charge < -0.3 is 9.30 Å². The summed E-state index contributed by atoms with van der Waals surface area (Å²) in [5.41, 5.74) is 4.43. The molecule has 1 aromatic heterocycles. The van der Waals surface area contributed by atoms with Crippen molar-refractivity contribution in [2.45, 2.75) is 13.8 Å². The van der Waals surface area contributed by atoms with Crippen LogP contribution in [0.5, 0.6) is 11.5 Å². The van der Waals surface area contributed by atoms with Crippen LogP contribution in [0.2, 0.25) is 0 Å². The summed E-state index contributed by atoms with van der Waals surface area (Å²) in [5, 5.41) is 2.68.